The number of pyridine rings is 1. The Morgan fingerprint density at radius 1 is 1.28 bits per heavy atom. The third kappa shape index (κ3) is 2.66. The summed E-state index contributed by atoms with van der Waals surface area (Å²) >= 11 is 0. The topological polar surface area (TPSA) is 113 Å². The van der Waals surface area contributed by atoms with Crippen molar-refractivity contribution in [3.63, 3.8) is 0 Å². The maximum atomic E-state index is 12.9. The summed E-state index contributed by atoms with van der Waals surface area (Å²) in [5.74, 6) is -0.258. The molecule has 1 fully saturated rings. The van der Waals surface area contributed by atoms with Crippen molar-refractivity contribution in [1.29, 1.82) is 5.26 Å². The average molecular weight is 387 g/mol. The molecule has 4 heterocycles. The number of esters is 1. The molecule has 3 aromatic heterocycles. The van der Waals surface area contributed by atoms with Gasteiger partial charge in [0.2, 0.25) is 5.43 Å². The summed E-state index contributed by atoms with van der Waals surface area (Å²) in [4.78, 5) is 37.0. The molecule has 4 aromatic rings. The number of hydrogen-bond donors (Lipinski definition) is 1. The Hall–Kier alpha value is -3.73. The fourth-order valence-electron chi connectivity index (χ4n) is 3.98. The quantitative estimate of drug-likeness (QED) is 0.427. The summed E-state index contributed by atoms with van der Waals surface area (Å²) in [5.41, 5.74) is 2.61. The van der Waals surface area contributed by atoms with Crippen LogP contribution in [0.15, 0.2) is 35.3 Å². The first-order chi connectivity index (χ1) is 14.1. The maximum absolute atomic E-state index is 12.9. The number of nitriles is 1. The number of nitrogens with one attached hydrogen (secondary N) is 1. The Morgan fingerprint density at radius 2 is 2.10 bits per heavy atom. The van der Waals surface area contributed by atoms with Gasteiger partial charge in [-0.25, -0.2) is 9.97 Å². The number of aromatic nitrogens is 4. The maximum Gasteiger partial charge on any atom is 0.309 e. The second-order valence-electron chi connectivity index (χ2n) is 7.30. The molecule has 1 aromatic carbocycles. The van der Waals surface area contributed by atoms with Crippen LogP contribution in [0.25, 0.3) is 27.8 Å². The van der Waals surface area contributed by atoms with E-state index in [1.54, 1.807) is 10.6 Å². The lowest BCUT2D eigenvalue weighted by molar-refractivity contribution is -0.144. The van der Waals surface area contributed by atoms with Crippen LogP contribution in [0, 0.1) is 17.2 Å². The predicted molar refractivity (Wildman–Crippen MR) is 105 cm³/mol. The zero-order valence-electron chi connectivity index (χ0n) is 15.7. The minimum Gasteiger partial charge on any atom is -0.462 e. The molecule has 2 unspecified atom stereocenters. The monoisotopic (exact) mass is 387 g/mol. The number of H-pyrrole nitrogens is 1. The number of cyclic esters (lactones) is 1. The van der Waals surface area contributed by atoms with Gasteiger partial charge in [-0.05, 0) is 25.0 Å². The van der Waals surface area contributed by atoms with Gasteiger partial charge in [0.25, 0.3) is 0 Å². The summed E-state index contributed by atoms with van der Waals surface area (Å²) in [5, 5.41) is 9.58. The molecule has 0 amide bonds. The van der Waals surface area contributed by atoms with Gasteiger partial charge in [0.1, 0.15) is 23.3 Å². The Kier molecular flexibility index (Phi) is 3.84. The van der Waals surface area contributed by atoms with E-state index in [9.17, 15) is 14.9 Å². The zero-order chi connectivity index (χ0) is 20.1. The molecule has 144 valence electrons. The lowest BCUT2D eigenvalue weighted by atomic mass is 10.0. The van der Waals surface area contributed by atoms with Crippen LogP contribution in [0.4, 0.5) is 0 Å². The molecule has 1 aliphatic heterocycles. The SMILES string of the molecule is CCC1CC(Cc2cn3c(n2)c(=O)c(C#N)c2[nH]c4ccccc4nc23)OC1=O. The second-order valence-corrected chi connectivity index (χ2v) is 7.30. The fourth-order valence-corrected chi connectivity index (χ4v) is 3.98. The van der Waals surface area contributed by atoms with Crippen molar-refractivity contribution in [3.8, 4) is 6.07 Å². The van der Waals surface area contributed by atoms with Crippen LogP contribution in [0.3, 0.4) is 0 Å². The van der Waals surface area contributed by atoms with E-state index in [-0.39, 0.29) is 29.2 Å². The highest BCUT2D eigenvalue weighted by Gasteiger charge is 2.33. The van der Waals surface area contributed by atoms with E-state index >= 15 is 0 Å². The Bertz CT molecular complexity index is 1390. The minimum atomic E-state index is -0.450. The molecule has 0 saturated carbocycles. The van der Waals surface area contributed by atoms with Crippen molar-refractivity contribution in [2.24, 2.45) is 5.92 Å². The number of aromatic amines is 1. The fraction of sp³-hybridized carbons (Fsp3) is 0.286. The average Bonchev–Trinajstić information content (AvgIpc) is 3.30. The van der Waals surface area contributed by atoms with Crippen LogP contribution in [0.2, 0.25) is 0 Å². The van der Waals surface area contributed by atoms with Crippen LogP contribution >= 0.6 is 0 Å². The van der Waals surface area contributed by atoms with Crippen LogP contribution in [-0.2, 0) is 16.0 Å². The van der Waals surface area contributed by atoms with Gasteiger partial charge >= 0.3 is 5.97 Å². The highest BCUT2D eigenvalue weighted by atomic mass is 16.5. The number of hydrogen-bond acceptors (Lipinski definition) is 6. The Labute approximate surface area is 164 Å². The molecule has 5 rings (SSSR count). The van der Waals surface area contributed by atoms with E-state index in [2.05, 4.69) is 15.0 Å². The number of nitrogens with zero attached hydrogens (tertiary/aromatic N) is 4. The van der Waals surface area contributed by atoms with Crippen molar-refractivity contribution >= 4 is 33.8 Å². The highest BCUT2D eigenvalue weighted by Crippen LogP contribution is 2.26. The van der Waals surface area contributed by atoms with E-state index in [1.807, 2.05) is 37.3 Å². The lowest BCUT2D eigenvalue weighted by Gasteiger charge is -2.06. The number of ether oxygens (including phenoxy) is 1. The third-order valence-electron chi connectivity index (χ3n) is 5.48. The van der Waals surface area contributed by atoms with Crippen LogP contribution in [-0.4, -0.2) is 31.4 Å². The highest BCUT2D eigenvalue weighted by molar-refractivity contribution is 5.89. The number of benzene rings is 1. The van der Waals surface area contributed by atoms with Crippen molar-refractivity contribution in [2.75, 3.05) is 0 Å². The molecular weight excluding hydrogens is 370 g/mol. The summed E-state index contributed by atoms with van der Waals surface area (Å²) in [7, 11) is 0. The first-order valence-electron chi connectivity index (χ1n) is 9.52. The molecule has 2 atom stereocenters. The largest absolute Gasteiger partial charge is 0.462 e. The lowest BCUT2D eigenvalue weighted by Crippen LogP contribution is -2.13. The van der Waals surface area contributed by atoms with Gasteiger partial charge in [0.05, 0.1) is 22.6 Å². The van der Waals surface area contributed by atoms with Gasteiger partial charge in [0.15, 0.2) is 11.3 Å². The van der Waals surface area contributed by atoms with E-state index in [0.29, 0.717) is 29.7 Å². The Balaban J connectivity index is 1.68. The van der Waals surface area contributed by atoms with Gasteiger partial charge in [-0.2, -0.15) is 5.26 Å². The number of rotatable bonds is 3. The smallest absolute Gasteiger partial charge is 0.309 e. The van der Waals surface area contributed by atoms with Crippen molar-refractivity contribution in [1.82, 2.24) is 19.4 Å². The molecule has 1 aliphatic rings. The van der Waals surface area contributed by atoms with Crippen molar-refractivity contribution < 1.29 is 9.53 Å². The molecule has 0 aliphatic carbocycles. The standard InChI is InChI=1S/C21H17N5O3/c1-2-11-7-13(29-21(11)28)8-12-10-26-19-17(14(9-22)18(27)20(26)23-12)24-15-5-3-4-6-16(15)25-19/h3-6,10-11,13,24H,2,7-8H2,1H3. The number of fused-ring (bicyclic) bond motifs is 4. The summed E-state index contributed by atoms with van der Waals surface area (Å²) < 4.78 is 7.06. The number of carbonyl (C=O) groups excluding carboxylic acids is 1. The molecule has 0 bridgehead atoms. The van der Waals surface area contributed by atoms with Gasteiger partial charge in [-0.15, -0.1) is 0 Å². The predicted octanol–water partition coefficient (Wildman–Crippen LogP) is 2.48. The van der Waals surface area contributed by atoms with E-state index in [1.165, 1.54) is 0 Å². The number of carbonyl (C=O) groups is 1. The summed E-state index contributed by atoms with van der Waals surface area (Å²) in [6, 6.07) is 9.42. The number of imidazole rings is 1. The normalized spacial score (nSPS) is 19.1. The van der Waals surface area contributed by atoms with Crippen LogP contribution in [0.1, 0.15) is 31.0 Å². The molecule has 1 N–H and O–H groups in total. The van der Waals surface area contributed by atoms with Crippen LogP contribution < -0.4 is 5.43 Å². The molecule has 0 spiro atoms. The van der Waals surface area contributed by atoms with E-state index in [0.717, 1.165) is 17.5 Å². The molecule has 1 saturated heterocycles. The van der Waals surface area contributed by atoms with Crippen molar-refractivity contribution in [3.05, 3.63) is 51.9 Å². The Morgan fingerprint density at radius 3 is 2.86 bits per heavy atom. The first-order valence-corrected chi connectivity index (χ1v) is 9.52. The number of para-hydroxylation sites is 2. The van der Waals surface area contributed by atoms with Crippen LogP contribution in [0.5, 0.6) is 0 Å². The zero-order valence-corrected chi connectivity index (χ0v) is 15.7. The van der Waals surface area contributed by atoms with Gasteiger partial charge in [0, 0.05) is 12.6 Å². The van der Waals surface area contributed by atoms with E-state index < -0.39 is 5.43 Å². The molecule has 8 heteroatoms. The van der Waals surface area contributed by atoms with E-state index in [4.69, 9.17) is 4.74 Å². The van der Waals surface area contributed by atoms with Gasteiger partial charge < -0.3 is 9.72 Å². The molecular formula is C21H17N5O3. The van der Waals surface area contributed by atoms with Crippen molar-refractivity contribution in [2.45, 2.75) is 32.3 Å². The van der Waals surface area contributed by atoms with Gasteiger partial charge in [-0.1, -0.05) is 19.1 Å². The third-order valence-corrected chi connectivity index (χ3v) is 5.48. The summed E-state index contributed by atoms with van der Waals surface area (Å²) in [6.45, 7) is 1.96. The molecule has 29 heavy (non-hydrogen) atoms. The van der Waals surface area contributed by atoms with Gasteiger partial charge in [-0.3, -0.25) is 14.0 Å². The molecule has 0 radical (unpaired) electrons. The minimum absolute atomic E-state index is 0.0127. The first kappa shape index (κ1) is 17.4. The summed E-state index contributed by atoms with van der Waals surface area (Å²) in [6.07, 6.45) is 3.30. The molecule has 8 nitrogen and oxygen atoms in total. The second kappa shape index (κ2) is 6.41.